The maximum Gasteiger partial charge on any atom is 0.469 e. The summed E-state index contributed by atoms with van der Waals surface area (Å²) in [5.74, 6) is -0.900. The van der Waals surface area contributed by atoms with Crippen LogP contribution in [0, 0.1) is 0 Å². The number of phosphoric acid groups is 1. The topological polar surface area (TPSA) is 119 Å². The fourth-order valence-corrected chi connectivity index (χ4v) is 5.92. The van der Waals surface area contributed by atoms with Crippen LogP contribution < -0.4 is 0 Å². The van der Waals surface area contributed by atoms with Crippen LogP contribution in [0.5, 0.6) is 0 Å². The standard InChI is InChI=1S/C41H75O8P/c1-3-5-7-9-11-13-15-16-17-18-19-20-21-22-23-24-26-28-30-32-34-36-41(43)49-39(38-48-50(44,45)46)37-47-40(42)35-33-31-29-27-25-14-12-10-8-6-4-2/h10,12,15-16,18-19,39H,3-9,11,13-14,17,20-38H2,1-2H3,(H2,44,45,46)/b12-10-,16-15-,19-18-. The molecule has 2 N–H and O–H groups in total. The van der Waals surface area contributed by atoms with Gasteiger partial charge in [-0.15, -0.1) is 0 Å². The molecule has 0 aromatic rings. The Bertz CT molecular complexity index is 910. The zero-order valence-electron chi connectivity index (χ0n) is 32.0. The molecule has 0 fully saturated rings. The van der Waals surface area contributed by atoms with Crippen molar-refractivity contribution in [3.63, 3.8) is 0 Å². The Morgan fingerprint density at radius 2 is 0.920 bits per heavy atom. The minimum Gasteiger partial charge on any atom is -0.462 e. The van der Waals surface area contributed by atoms with Gasteiger partial charge in [0.2, 0.25) is 0 Å². The summed E-state index contributed by atoms with van der Waals surface area (Å²) < 4.78 is 26.3. The molecule has 0 aliphatic heterocycles. The average Bonchev–Trinajstić information content (AvgIpc) is 3.08. The van der Waals surface area contributed by atoms with Gasteiger partial charge < -0.3 is 19.3 Å². The number of hydrogen-bond donors (Lipinski definition) is 2. The molecule has 0 amide bonds. The van der Waals surface area contributed by atoms with Crippen molar-refractivity contribution >= 4 is 19.8 Å². The first-order chi connectivity index (χ1) is 24.3. The van der Waals surface area contributed by atoms with Gasteiger partial charge in [-0.2, -0.15) is 0 Å². The first kappa shape index (κ1) is 48.3. The van der Waals surface area contributed by atoms with E-state index in [-0.39, 0.29) is 19.4 Å². The van der Waals surface area contributed by atoms with E-state index in [0.29, 0.717) is 12.8 Å². The zero-order chi connectivity index (χ0) is 36.8. The number of allylic oxidation sites excluding steroid dienone is 6. The average molecular weight is 727 g/mol. The maximum atomic E-state index is 12.4. The van der Waals surface area contributed by atoms with Gasteiger partial charge in [-0.05, 0) is 64.2 Å². The normalized spacial score (nSPS) is 12.8. The lowest BCUT2D eigenvalue weighted by Gasteiger charge is -2.18. The lowest BCUT2D eigenvalue weighted by molar-refractivity contribution is -0.161. The Morgan fingerprint density at radius 1 is 0.520 bits per heavy atom. The fraction of sp³-hybridized carbons (Fsp3) is 0.805. The summed E-state index contributed by atoms with van der Waals surface area (Å²) in [6, 6.07) is 0. The predicted molar refractivity (Wildman–Crippen MR) is 207 cm³/mol. The monoisotopic (exact) mass is 727 g/mol. The van der Waals surface area contributed by atoms with Crippen molar-refractivity contribution in [1.82, 2.24) is 0 Å². The third kappa shape index (κ3) is 39.1. The SMILES string of the molecule is CCCC/C=C\CCCCCCCC(=O)OCC(COP(=O)(O)O)OC(=O)CCCCCCCCCCC/C=C\C/C=C\CCCCCCC. The molecule has 1 unspecified atom stereocenters. The summed E-state index contributed by atoms with van der Waals surface area (Å²) >= 11 is 0. The third-order valence-electron chi connectivity index (χ3n) is 8.63. The summed E-state index contributed by atoms with van der Waals surface area (Å²) in [6.07, 6.45) is 43.0. The van der Waals surface area contributed by atoms with Crippen molar-refractivity contribution in [2.75, 3.05) is 13.2 Å². The molecule has 0 aliphatic rings. The van der Waals surface area contributed by atoms with Crippen molar-refractivity contribution in [2.24, 2.45) is 0 Å². The van der Waals surface area contributed by atoms with E-state index in [4.69, 9.17) is 19.3 Å². The second-order valence-corrected chi connectivity index (χ2v) is 14.8. The number of carbonyl (C=O) groups is 2. The van der Waals surface area contributed by atoms with Crippen LogP contribution >= 0.6 is 7.82 Å². The molecule has 0 radical (unpaired) electrons. The Kier molecular flexibility index (Phi) is 35.8. The van der Waals surface area contributed by atoms with Gasteiger partial charge in [-0.25, -0.2) is 4.57 Å². The Labute approximate surface area is 306 Å². The van der Waals surface area contributed by atoms with E-state index in [1.54, 1.807) is 0 Å². The van der Waals surface area contributed by atoms with E-state index >= 15 is 0 Å². The van der Waals surface area contributed by atoms with Gasteiger partial charge in [0.15, 0.2) is 6.10 Å². The van der Waals surface area contributed by atoms with Gasteiger partial charge in [0, 0.05) is 12.8 Å². The maximum absolute atomic E-state index is 12.4. The molecule has 292 valence electrons. The number of phosphoric ester groups is 1. The number of esters is 2. The summed E-state index contributed by atoms with van der Waals surface area (Å²) in [4.78, 5) is 42.7. The number of ether oxygens (including phenoxy) is 2. The summed E-state index contributed by atoms with van der Waals surface area (Å²) in [7, 11) is -4.75. The molecule has 0 aromatic carbocycles. The van der Waals surface area contributed by atoms with E-state index in [2.05, 4.69) is 54.8 Å². The van der Waals surface area contributed by atoms with Crippen molar-refractivity contribution in [1.29, 1.82) is 0 Å². The minimum atomic E-state index is -4.75. The molecule has 0 saturated carbocycles. The van der Waals surface area contributed by atoms with Gasteiger partial charge in [0.25, 0.3) is 0 Å². The van der Waals surface area contributed by atoms with E-state index in [1.807, 2.05) is 0 Å². The third-order valence-corrected chi connectivity index (χ3v) is 9.12. The van der Waals surface area contributed by atoms with Gasteiger partial charge in [-0.1, -0.05) is 153 Å². The first-order valence-corrected chi connectivity index (χ1v) is 21.8. The molecule has 1 atom stereocenters. The lowest BCUT2D eigenvalue weighted by Crippen LogP contribution is -2.29. The van der Waals surface area contributed by atoms with Crippen LogP contribution in [-0.4, -0.2) is 41.0 Å². The molecule has 0 spiro atoms. The highest BCUT2D eigenvalue weighted by Crippen LogP contribution is 2.36. The molecule has 0 bridgehead atoms. The van der Waals surface area contributed by atoms with Crippen LogP contribution in [0.4, 0.5) is 0 Å². The predicted octanol–water partition coefficient (Wildman–Crippen LogP) is 12.2. The van der Waals surface area contributed by atoms with Crippen molar-refractivity contribution in [3.05, 3.63) is 36.5 Å². The van der Waals surface area contributed by atoms with Crippen molar-refractivity contribution in [2.45, 2.75) is 200 Å². The summed E-state index contributed by atoms with van der Waals surface area (Å²) in [5, 5.41) is 0. The quantitative estimate of drug-likeness (QED) is 0.0281. The van der Waals surface area contributed by atoms with E-state index in [9.17, 15) is 14.2 Å². The Morgan fingerprint density at radius 3 is 1.40 bits per heavy atom. The van der Waals surface area contributed by atoms with Crippen LogP contribution in [0.2, 0.25) is 0 Å². The lowest BCUT2D eigenvalue weighted by atomic mass is 10.1. The number of rotatable bonds is 37. The molecule has 0 aliphatic carbocycles. The Balaban J connectivity index is 3.90. The highest BCUT2D eigenvalue weighted by atomic mass is 31.2. The zero-order valence-corrected chi connectivity index (χ0v) is 32.9. The fourth-order valence-electron chi connectivity index (χ4n) is 5.56. The van der Waals surface area contributed by atoms with E-state index < -0.39 is 32.5 Å². The Hall–Kier alpha value is -1.73. The number of carbonyl (C=O) groups excluding carboxylic acids is 2. The highest BCUT2D eigenvalue weighted by molar-refractivity contribution is 7.46. The molecule has 0 aromatic heterocycles. The van der Waals surface area contributed by atoms with Crippen LogP contribution in [0.3, 0.4) is 0 Å². The summed E-state index contributed by atoms with van der Waals surface area (Å²) in [5.41, 5.74) is 0. The molecule has 0 rings (SSSR count). The molecular formula is C41H75O8P. The number of hydrogen-bond acceptors (Lipinski definition) is 6. The molecule has 0 saturated heterocycles. The largest absolute Gasteiger partial charge is 0.469 e. The minimum absolute atomic E-state index is 0.206. The van der Waals surface area contributed by atoms with Crippen LogP contribution in [-0.2, 0) is 28.2 Å². The second kappa shape index (κ2) is 37.0. The van der Waals surface area contributed by atoms with Gasteiger partial charge in [0.1, 0.15) is 6.61 Å². The first-order valence-electron chi connectivity index (χ1n) is 20.3. The van der Waals surface area contributed by atoms with Crippen LogP contribution in [0.25, 0.3) is 0 Å². The molecule has 0 heterocycles. The molecule has 9 heteroatoms. The van der Waals surface area contributed by atoms with Gasteiger partial charge in [-0.3, -0.25) is 14.1 Å². The smallest absolute Gasteiger partial charge is 0.462 e. The van der Waals surface area contributed by atoms with E-state index in [1.165, 1.54) is 83.5 Å². The van der Waals surface area contributed by atoms with Crippen LogP contribution in [0.15, 0.2) is 36.5 Å². The van der Waals surface area contributed by atoms with Crippen molar-refractivity contribution < 1.29 is 37.9 Å². The summed E-state index contributed by atoms with van der Waals surface area (Å²) in [6.45, 7) is 3.62. The molecule has 50 heavy (non-hydrogen) atoms. The van der Waals surface area contributed by atoms with Crippen LogP contribution in [0.1, 0.15) is 194 Å². The van der Waals surface area contributed by atoms with Crippen molar-refractivity contribution in [3.8, 4) is 0 Å². The van der Waals surface area contributed by atoms with E-state index in [0.717, 1.165) is 70.6 Å². The van der Waals surface area contributed by atoms with Gasteiger partial charge >= 0.3 is 19.8 Å². The highest BCUT2D eigenvalue weighted by Gasteiger charge is 2.22. The second-order valence-electron chi connectivity index (χ2n) is 13.6. The number of unbranched alkanes of at least 4 members (excludes halogenated alkanes) is 21. The molecular weight excluding hydrogens is 651 g/mol. The van der Waals surface area contributed by atoms with Gasteiger partial charge in [0.05, 0.1) is 6.61 Å². The molecule has 8 nitrogen and oxygen atoms in total.